The predicted octanol–water partition coefficient (Wildman–Crippen LogP) is 1.77. The third-order valence-electron chi connectivity index (χ3n) is 2.65. The highest BCUT2D eigenvalue weighted by Gasteiger charge is 2.20. The second-order valence-electron chi connectivity index (χ2n) is 3.86. The van der Waals surface area contributed by atoms with Gasteiger partial charge in [0.25, 0.3) is 0 Å². The SMILES string of the molecule is O[C@H]1CCO[C@H](Cc2ccccc2)C1. The van der Waals surface area contributed by atoms with Crippen LogP contribution in [-0.2, 0) is 11.2 Å². The Hall–Kier alpha value is -0.860. The molecule has 0 amide bonds. The smallest absolute Gasteiger partial charge is 0.0640 e. The number of benzene rings is 1. The second-order valence-corrected chi connectivity index (χ2v) is 3.86. The van der Waals surface area contributed by atoms with Gasteiger partial charge < -0.3 is 9.84 Å². The number of ether oxygens (including phenoxy) is 1. The Kier molecular flexibility index (Phi) is 3.17. The molecule has 1 fully saturated rings. The highest BCUT2D eigenvalue weighted by atomic mass is 16.5. The maximum atomic E-state index is 9.48. The van der Waals surface area contributed by atoms with Gasteiger partial charge in [-0.15, -0.1) is 0 Å². The van der Waals surface area contributed by atoms with Gasteiger partial charge in [0.15, 0.2) is 0 Å². The lowest BCUT2D eigenvalue weighted by atomic mass is 10.00. The maximum Gasteiger partial charge on any atom is 0.0640 e. The minimum Gasteiger partial charge on any atom is -0.393 e. The van der Waals surface area contributed by atoms with Crippen molar-refractivity contribution in [3.05, 3.63) is 35.9 Å². The lowest BCUT2D eigenvalue weighted by Crippen LogP contribution is -2.30. The Labute approximate surface area is 84.5 Å². The van der Waals surface area contributed by atoms with Crippen LogP contribution in [0, 0.1) is 0 Å². The molecule has 0 bridgehead atoms. The van der Waals surface area contributed by atoms with E-state index in [-0.39, 0.29) is 12.2 Å². The fourth-order valence-corrected chi connectivity index (χ4v) is 1.88. The van der Waals surface area contributed by atoms with E-state index in [0.29, 0.717) is 6.61 Å². The van der Waals surface area contributed by atoms with E-state index in [2.05, 4.69) is 12.1 Å². The van der Waals surface area contributed by atoms with Gasteiger partial charge in [0.2, 0.25) is 0 Å². The van der Waals surface area contributed by atoms with Crippen LogP contribution in [-0.4, -0.2) is 23.9 Å². The molecule has 0 aromatic heterocycles. The average Bonchev–Trinajstić information content (AvgIpc) is 2.19. The minimum absolute atomic E-state index is 0.169. The second kappa shape index (κ2) is 4.58. The van der Waals surface area contributed by atoms with Crippen molar-refractivity contribution in [2.24, 2.45) is 0 Å². The molecule has 0 spiro atoms. The molecule has 2 heteroatoms. The van der Waals surface area contributed by atoms with E-state index in [9.17, 15) is 5.11 Å². The summed E-state index contributed by atoms with van der Waals surface area (Å²) in [7, 11) is 0. The molecular formula is C12H16O2. The summed E-state index contributed by atoms with van der Waals surface area (Å²) in [5.41, 5.74) is 1.28. The van der Waals surface area contributed by atoms with Gasteiger partial charge in [-0.2, -0.15) is 0 Å². The van der Waals surface area contributed by atoms with E-state index in [1.54, 1.807) is 0 Å². The molecule has 0 aliphatic carbocycles. The van der Waals surface area contributed by atoms with Crippen LogP contribution in [0.25, 0.3) is 0 Å². The van der Waals surface area contributed by atoms with Crippen LogP contribution in [0.2, 0.25) is 0 Å². The highest BCUT2D eigenvalue weighted by molar-refractivity contribution is 5.15. The summed E-state index contributed by atoms with van der Waals surface area (Å²) >= 11 is 0. The van der Waals surface area contributed by atoms with Gasteiger partial charge in [-0.05, 0) is 24.8 Å². The van der Waals surface area contributed by atoms with Crippen LogP contribution in [0.1, 0.15) is 18.4 Å². The molecule has 1 aliphatic rings. The van der Waals surface area contributed by atoms with Gasteiger partial charge in [-0.3, -0.25) is 0 Å². The van der Waals surface area contributed by atoms with Gasteiger partial charge in [0, 0.05) is 6.61 Å². The molecular weight excluding hydrogens is 176 g/mol. The Morgan fingerprint density at radius 3 is 2.79 bits per heavy atom. The first-order chi connectivity index (χ1) is 6.84. The molecule has 1 saturated heterocycles. The molecule has 2 rings (SSSR count). The average molecular weight is 192 g/mol. The summed E-state index contributed by atoms with van der Waals surface area (Å²) in [4.78, 5) is 0. The van der Waals surface area contributed by atoms with Gasteiger partial charge in [0.05, 0.1) is 12.2 Å². The molecule has 2 nitrogen and oxygen atoms in total. The summed E-state index contributed by atoms with van der Waals surface area (Å²) < 4.78 is 5.59. The Balaban J connectivity index is 1.91. The fourth-order valence-electron chi connectivity index (χ4n) is 1.88. The van der Waals surface area contributed by atoms with Crippen molar-refractivity contribution in [2.45, 2.75) is 31.5 Å². The quantitative estimate of drug-likeness (QED) is 0.773. The lowest BCUT2D eigenvalue weighted by Gasteiger charge is -2.26. The van der Waals surface area contributed by atoms with Crippen molar-refractivity contribution >= 4 is 0 Å². The van der Waals surface area contributed by atoms with E-state index < -0.39 is 0 Å². The number of hydrogen-bond acceptors (Lipinski definition) is 2. The largest absolute Gasteiger partial charge is 0.393 e. The Morgan fingerprint density at radius 1 is 1.29 bits per heavy atom. The Morgan fingerprint density at radius 2 is 2.07 bits per heavy atom. The molecule has 0 unspecified atom stereocenters. The van der Waals surface area contributed by atoms with Crippen molar-refractivity contribution in [1.29, 1.82) is 0 Å². The number of rotatable bonds is 2. The first kappa shape index (κ1) is 9.69. The monoisotopic (exact) mass is 192 g/mol. The molecule has 0 radical (unpaired) electrons. The van der Waals surface area contributed by atoms with E-state index in [1.807, 2.05) is 18.2 Å². The standard InChI is InChI=1S/C12H16O2/c13-11-6-7-14-12(9-11)8-10-4-2-1-3-5-10/h1-5,11-13H,6-9H2/t11-,12+/m0/s1. The predicted molar refractivity (Wildman–Crippen MR) is 55.1 cm³/mol. The molecule has 14 heavy (non-hydrogen) atoms. The molecule has 76 valence electrons. The maximum absolute atomic E-state index is 9.48. The van der Waals surface area contributed by atoms with E-state index >= 15 is 0 Å². The molecule has 1 aromatic carbocycles. The molecule has 1 aromatic rings. The van der Waals surface area contributed by atoms with E-state index in [4.69, 9.17) is 4.74 Å². The van der Waals surface area contributed by atoms with Crippen LogP contribution in [0.3, 0.4) is 0 Å². The molecule has 2 atom stereocenters. The molecule has 1 N–H and O–H groups in total. The van der Waals surface area contributed by atoms with Gasteiger partial charge >= 0.3 is 0 Å². The third-order valence-corrected chi connectivity index (χ3v) is 2.65. The van der Waals surface area contributed by atoms with Crippen LogP contribution in [0.4, 0.5) is 0 Å². The van der Waals surface area contributed by atoms with Crippen LogP contribution < -0.4 is 0 Å². The van der Waals surface area contributed by atoms with Crippen molar-refractivity contribution in [1.82, 2.24) is 0 Å². The summed E-state index contributed by atoms with van der Waals surface area (Å²) in [5.74, 6) is 0. The van der Waals surface area contributed by atoms with Crippen LogP contribution >= 0.6 is 0 Å². The van der Waals surface area contributed by atoms with Crippen molar-refractivity contribution in [3.8, 4) is 0 Å². The summed E-state index contributed by atoms with van der Waals surface area (Å²) in [6.45, 7) is 0.693. The number of hydrogen-bond donors (Lipinski definition) is 1. The number of aliphatic hydroxyl groups excluding tert-OH is 1. The first-order valence-electron chi connectivity index (χ1n) is 5.18. The third kappa shape index (κ3) is 2.56. The molecule has 1 heterocycles. The van der Waals surface area contributed by atoms with Crippen LogP contribution in [0.15, 0.2) is 30.3 Å². The minimum atomic E-state index is -0.169. The zero-order valence-corrected chi connectivity index (χ0v) is 8.23. The summed E-state index contributed by atoms with van der Waals surface area (Å²) in [5, 5.41) is 9.48. The topological polar surface area (TPSA) is 29.5 Å². The number of aliphatic hydroxyl groups is 1. The van der Waals surface area contributed by atoms with E-state index in [1.165, 1.54) is 5.56 Å². The highest BCUT2D eigenvalue weighted by Crippen LogP contribution is 2.17. The van der Waals surface area contributed by atoms with Gasteiger partial charge in [0.1, 0.15) is 0 Å². The first-order valence-corrected chi connectivity index (χ1v) is 5.18. The van der Waals surface area contributed by atoms with Crippen LogP contribution in [0.5, 0.6) is 0 Å². The van der Waals surface area contributed by atoms with Crippen molar-refractivity contribution in [2.75, 3.05) is 6.61 Å². The Bertz CT molecular complexity index is 271. The van der Waals surface area contributed by atoms with Gasteiger partial charge in [-0.1, -0.05) is 30.3 Å². The molecule has 0 saturated carbocycles. The normalized spacial score (nSPS) is 27.5. The zero-order valence-electron chi connectivity index (χ0n) is 8.23. The lowest BCUT2D eigenvalue weighted by molar-refractivity contribution is -0.0423. The van der Waals surface area contributed by atoms with E-state index in [0.717, 1.165) is 19.3 Å². The summed E-state index contributed by atoms with van der Waals surface area (Å²) in [6, 6.07) is 10.3. The van der Waals surface area contributed by atoms with Gasteiger partial charge in [-0.25, -0.2) is 0 Å². The molecule has 1 aliphatic heterocycles. The van der Waals surface area contributed by atoms with Crippen molar-refractivity contribution < 1.29 is 9.84 Å². The van der Waals surface area contributed by atoms with Crippen molar-refractivity contribution in [3.63, 3.8) is 0 Å². The summed E-state index contributed by atoms with van der Waals surface area (Å²) in [6.07, 6.45) is 2.50. The fraction of sp³-hybridized carbons (Fsp3) is 0.500. The zero-order chi connectivity index (χ0) is 9.80.